The van der Waals surface area contributed by atoms with Gasteiger partial charge in [-0.15, -0.1) is 0 Å². The number of hydrogen-bond acceptors (Lipinski definition) is 4. The van der Waals surface area contributed by atoms with Crippen molar-refractivity contribution in [1.29, 1.82) is 0 Å². The quantitative estimate of drug-likeness (QED) is 0.472. The summed E-state index contributed by atoms with van der Waals surface area (Å²) in [4.78, 5) is 25.6. The third-order valence-electron chi connectivity index (χ3n) is 2.80. The molecule has 6 nitrogen and oxygen atoms in total. The Morgan fingerprint density at radius 1 is 1.47 bits per heavy atom. The van der Waals surface area contributed by atoms with Crippen LogP contribution in [0.4, 0.5) is 11.4 Å². The van der Waals surface area contributed by atoms with Crippen molar-refractivity contribution in [2.24, 2.45) is 0 Å². The number of amides is 2. The van der Waals surface area contributed by atoms with Gasteiger partial charge in [-0.3, -0.25) is 25.3 Å². The molecule has 1 saturated heterocycles. The first-order valence-corrected chi connectivity index (χ1v) is 6.25. The number of carbonyl (C=O) groups excluding carboxylic acids is 2. The van der Waals surface area contributed by atoms with Gasteiger partial charge >= 0.3 is 0 Å². The second-order valence-electron chi connectivity index (χ2n) is 3.96. The van der Waals surface area contributed by atoms with E-state index in [1.165, 1.54) is 4.90 Å². The molecule has 2 N–H and O–H groups in total. The summed E-state index contributed by atoms with van der Waals surface area (Å²) < 4.78 is 0. The predicted molar refractivity (Wildman–Crippen MR) is 76.6 cm³/mol. The van der Waals surface area contributed by atoms with Crippen LogP contribution in [0.25, 0.3) is 0 Å². The Bertz CT molecular complexity index is 520. The molecule has 2 rings (SSSR count). The van der Waals surface area contributed by atoms with Crippen LogP contribution < -0.4 is 15.8 Å². The van der Waals surface area contributed by atoms with Gasteiger partial charge in [0.25, 0.3) is 5.91 Å². The maximum absolute atomic E-state index is 12.0. The highest BCUT2D eigenvalue weighted by molar-refractivity contribution is 7.80. The van der Waals surface area contributed by atoms with Gasteiger partial charge in [0.15, 0.2) is 5.11 Å². The maximum Gasteiger partial charge on any atom is 0.252 e. The maximum atomic E-state index is 12.0. The Morgan fingerprint density at radius 3 is 2.89 bits per heavy atom. The van der Waals surface area contributed by atoms with E-state index in [0.29, 0.717) is 36.0 Å². The van der Waals surface area contributed by atoms with Crippen LogP contribution in [0.2, 0.25) is 0 Å². The van der Waals surface area contributed by atoms with E-state index < -0.39 is 0 Å². The third kappa shape index (κ3) is 2.65. The van der Waals surface area contributed by atoms with Gasteiger partial charge in [0.05, 0.1) is 17.9 Å². The van der Waals surface area contributed by atoms with Crippen molar-refractivity contribution in [3.05, 3.63) is 24.3 Å². The molecule has 100 valence electrons. The Hall–Kier alpha value is -2.15. The third-order valence-corrected chi connectivity index (χ3v) is 3.24. The molecule has 0 bridgehead atoms. The normalized spacial score (nSPS) is 14.8. The number of likely N-dealkylation sites (N-methyl/N-ethyl adjacent to an activating group) is 1. The van der Waals surface area contributed by atoms with Gasteiger partial charge in [0.2, 0.25) is 6.41 Å². The molecule has 0 atom stereocenters. The molecule has 0 saturated carbocycles. The van der Waals surface area contributed by atoms with Gasteiger partial charge in [-0.1, -0.05) is 6.07 Å². The molecule has 0 aliphatic carbocycles. The van der Waals surface area contributed by atoms with Crippen LogP contribution in [-0.2, 0) is 9.59 Å². The van der Waals surface area contributed by atoms with Crippen molar-refractivity contribution in [3.8, 4) is 0 Å². The minimum absolute atomic E-state index is 0.0488. The fourth-order valence-corrected chi connectivity index (χ4v) is 2.29. The smallest absolute Gasteiger partial charge is 0.252 e. The molecule has 0 unspecified atom stereocenters. The van der Waals surface area contributed by atoms with Gasteiger partial charge in [0, 0.05) is 6.54 Å². The molecule has 0 aromatic heterocycles. The molecule has 1 heterocycles. The van der Waals surface area contributed by atoms with E-state index in [1.807, 2.05) is 11.8 Å². The molecule has 7 heteroatoms. The molecule has 2 amide bonds. The average Bonchev–Trinajstić information content (AvgIpc) is 2.71. The Labute approximate surface area is 116 Å². The van der Waals surface area contributed by atoms with Crippen molar-refractivity contribution in [2.45, 2.75) is 6.92 Å². The monoisotopic (exact) mass is 278 g/mol. The van der Waals surface area contributed by atoms with Gasteiger partial charge < -0.3 is 4.90 Å². The molecular weight excluding hydrogens is 264 g/mol. The summed E-state index contributed by atoms with van der Waals surface area (Å²) >= 11 is 5.29. The number of thiocarbonyl (C=S) groups is 1. The number of carbonyl (C=O) groups is 2. The highest BCUT2D eigenvalue weighted by Crippen LogP contribution is 2.24. The molecule has 1 aromatic rings. The minimum Gasteiger partial charge on any atom is -0.339 e. The van der Waals surface area contributed by atoms with Crippen LogP contribution in [0.3, 0.4) is 0 Å². The first-order chi connectivity index (χ1) is 9.17. The highest BCUT2D eigenvalue weighted by atomic mass is 32.1. The molecule has 1 aromatic carbocycles. The average molecular weight is 278 g/mol. The Kier molecular flexibility index (Phi) is 3.96. The Morgan fingerprint density at radius 2 is 2.26 bits per heavy atom. The van der Waals surface area contributed by atoms with Gasteiger partial charge in [0.1, 0.15) is 0 Å². The van der Waals surface area contributed by atoms with Gasteiger partial charge in [-0.05, 0) is 37.3 Å². The molecule has 1 aliphatic rings. The number of nitrogens with zero attached hydrogens (tertiary/aromatic N) is 2. The van der Waals surface area contributed by atoms with Crippen molar-refractivity contribution < 1.29 is 9.59 Å². The van der Waals surface area contributed by atoms with Crippen molar-refractivity contribution in [2.75, 3.05) is 23.4 Å². The summed E-state index contributed by atoms with van der Waals surface area (Å²) in [7, 11) is 0. The fraction of sp³-hybridized carbons (Fsp3) is 0.250. The molecular formula is C12H14N4O2S. The number of rotatable bonds is 5. The predicted octanol–water partition coefficient (Wildman–Crippen LogP) is 0.713. The van der Waals surface area contributed by atoms with E-state index in [0.717, 1.165) is 0 Å². The zero-order valence-electron chi connectivity index (χ0n) is 10.4. The zero-order chi connectivity index (χ0) is 13.8. The van der Waals surface area contributed by atoms with Gasteiger partial charge in [-0.25, -0.2) is 0 Å². The van der Waals surface area contributed by atoms with E-state index in [2.05, 4.69) is 10.9 Å². The van der Waals surface area contributed by atoms with Crippen LogP contribution in [0.15, 0.2) is 24.3 Å². The van der Waals surface area contributed by atoms with E-state index in [-0.39, 0.29) is 5.91 Å². The van der Waals surface area contributed by atoms with E-state index in [4.69, 9.17) is 12.2 Å². The zero-order valence-corrected chi connectivity index (χ0v) is 11.2. The van der Waals surface area contributed by atoms with Crippen LogP contribution in [-0.4, -0.2) is 35.4 Å². The number of hydrazine groups is 1. The Balaban J connectivity index is 2.24. The number of nitrogens with one attached hydrogen (secondary N) is 2. The molecule has 0 radical (unpaired) electrons. The van der Waals surface area contributed by atoms with Crippen molar-refractivity contribution in [3.63, 3.8) is 0 Å². The molecule has 1 aliphatic heterocycles. The molecule has 1 fully saturated rings. The number of benzene rings is 1. The standard InChI is InChI=1S/C12H14N4O2S/c1-2-15-7-11(18)16(12(15)19)10-5-3-4-9(6-10)14-13-8-17/h3-6,8,14H,2,7H2,1H3,(H,13,17). The van der Waals surface area contributed by atoms with Crippen molar-refractivity contribution >= 4 is 41.0 Å². The first-order valence-electron chi connectivity index (χ1n) is 5.84. The van der Waals surface area contributed by atoms with Gasteiger partial charge in [-0.2, -0.15) is 0 Å². The topological polar surface area (TPSA) is 64.7 Å². The number of anilines is 2. The largest absolute Gasteiger partial charge is 0.339 e. The summed E-state index contributed by atoms with van der Waals surface area (Å²) in [6, 6.07) is 7.12. The lowest BCUT2D eigenvalue weighted by molar-refractivity contribution is -0.116. The van der Waals surface area contributed by atoms with Crippen LogP contribution >= 0.6 is 12.2 Å². The van der Waals surface area contributed by atoms with Crippen LogP contribution in [0, 0.1) is 0 Å². The number of hydrogen-bond donors (Lipinski definition) is 2. The summed E-state index contributed by atoms with van der Waals surface area (Å²) in [6.45, 7) is 2.96. The fourth-order valence-electron chi connectivity index (χ4n) is 1.89. The lowest BCUT2D eigenvalue weighted by atomic mass is 10.2. The SMILES string of the molecule is CCN1CC(=O)N(c2cccc(NNC=O)c2)C1=S. The summed E-state index contributed by atoms with van der Waals surface area (Å²) in [5.74, 6) is -0.0488. The van der Waals surface area contributed by atoms with Crippen molar-refractivity contribution in [1.82, 2.24) is 10.3 Å². The first kappa shape index (κ1) is 13.3. The lowest BCUT2D eigenvalue weighted by Crippen LogP contribution is -2.32. The molecule has 19 heavy (non-hydrogen) atoms. The summed E-state index contributed by atoms with van der Waals surface area (Å²) in [6.07, 6.45) is 0.539. The lowest BCUT2D eigenvalue weighted by Gasteiger charge is -2.19. The van der Waals surface area contributed by atoms with Crippen LogP contribution in [0.5, 0.6) is 0 Å². The van der Waals surface area contributed by atoms with E-state index >= 15 is 0 Å². The minimum atomic E-state index is -0.0488. The summed E-state index contributed by atoms with van der Waals surface area (Å²) in [5, 5.41) is 0.507. The van der Waals surface area contributed by atoms with Crippen LogP contribution in [0.1, 0.15) is 6.92 Å². The summed E-state index contributed by atoms with van der Waals surface area (Å²) in [5.41, 5.74) is 6.41. The molecule has 0 spiro atoms. The van der Waals surface area contributed by atoms with E-state index in [9.17, 15) is 9.59 Å². The highest BCUT2D eigenvalue weighted by Gasteiger charge is 2.32. The van der Waals surface area contributed by atoms with E-state index in [1.54, 1.807) is 24.3 Å². The second kappa shape index (κ2) is 5.66. The second-order valence-corrected chi connectivity index (χ2v) is 4.33.